The Morgan fingerprint density at radius 2 is 2.05 bits per heavy atom. The SMILES string of the molecule is C=CCSC(CC(=O)c1ccccc1)c1ccco1. The van der Waals surface area contributed by atoms with Crippen molar-refractivity contribution < 1.29 is 9.21 Å². The molecule has 0 amide bonds. The number of thioether (sulfide) groups is 1. The van der Waals surface area contributed by atoms with E-state index in [2.05, 4.69) is 6.58 Å². The number of hydrogen-bond donors (Lipinski definition) is 0. The van der Waals surface area contributed by atoms with Gasteiger partial charge in [-0.2, -0.15) is 0 Å². The van der Waals surface area contributed by atoms with E-state index in [9.17, 15) is 4.79 Å². The summed E-state index contributed by atoms with van der Waals surface area (Å²) >= 11 is 1.67. The lowest BCUT2D eigenvalue weighted by Crippen LogP contribution is -2.05. The zero-order chi connectivity index (χ0) is 13.5. The largest absolute Gasteiger partial charge is 0.468 e. The van der Waals surface area contributed by atoms with Crippen molar-refractivity contribution in [1.82, 2.24) is 0 Å². The minimum Gasteiger partial charge on any atom is -0.468 e. The molecule has 0 aliphatic heterocycles. The van der Waals surface area contributed by atoms with Crippen LogP contribution in [0.15, 0.2) is 65.8 Å². The lowest BCUT2D eigenvalue weighted by atomic mass is 10.1. The molecule has 1 atom stereocenters. The van der Waals surface area contributed by atoms with Crippen LogP contribution in [0.25, 0.3) is 0 Å². The molecule has 0 bridgehead atoms. The molecule has 1 aromatic heterocycles. The van der Waals surface area contributed by atoms with Gasteiger partial charge in [0.2, 0.25) is 0 Å². The van der Waals surface area contributed by atoms with Crippen LogP contribution >= 0.6 is 11.8 Å². The fraction of sp³-hybridized carbons (Fsp3) is 0.188. The maximum Gasteiger partial charge on any atom is 0.164 e. The molecule has 0 saturated heterocycles. The van der Waals surface area contributed by atoms with E-state index in [1.165, 1.54) is 0 Å². The summed E-state index contributed by atoms with van der Waals surface area (Å²) in [4.78, 5) is 12.2. The number of Topliss-reactive ketones (excluding diaryl/α,β-unsaturated/α-hetero) is 1. The molecule has 1 aromatic carbocycles. The van der Waals surface area contributed by atoms with Crippen LogP contribution in [0.3, 0.4) is 0 Å². The molecule has 0 radical (unpaired) electrons. The fourth-order valence-electron chi connectivity index (χ4n) is 1.81. The summed E-state index contributed by atoms with van der Waals surface area (Å²) in [7, 11) is 0. The highest BCUT2D eigenvalue weighted by Crippen LogP contribution is 2.33. The van der Waals surface area contributed by atoms with Crippen molar-refractivity contribution in [3.63, 3.8) is 0 Å². The first-order chi connectivity index (χ1) is 9.31. The Balaban J connectivity index is 2.08. The maximum absolute atomic E-state index is 12.2. The van der Waals surface area contributed by atoms with Gasteiger partial charge in [-0.25, -0.2) is 0 Å². The van der Waals surface area contributed by atoms with Gasteiger partial charge < -0.3 is 4.42 Å². The highest BCUT2D eigenvalue weighted by molar-refractivity contribution is 7.99. The van der Waals surface area contributed by atoms with E-state index < -0.39 is 0 Å². The van der Waals surface area contributed by atoms with Crippen molar-refractivity contribution in [2.45, 2.75) is 11.7 Å². The summed E-state index contributed by atoms with van der Waals surface area (Å²) in [6.45, 7) is 3.71. The van der Waals surface area contributed by atoms with E-state index in [4.69, 9.17) is 4.42 Å². The van der Waals surface area contributed by atoms with Crippen molar-refractivity contribution in [3.05, 3.63) is 72.7 Å². The van der Waals surface area contributed by atoms with Gasteiger partial charge in [-0.3, -0.25) is 4.79 Å². The lowest BCUT2D eigenvalue weighted by Gasteiger charge is -2.12. The van der Waals surface area contributed by atoms with Gasteiger partial charge in [0.05, 0.1) is 11.5 Å². The first-order valence-electron chi connectivity index (χ1n) is 6.15. The van der Waals surface area contributed by atoms with Crippen molar-refractivity contribution >= 4 is 17.5 Å². The van der Waals surface area contributed by atoms with E-state index in [1.54, 1.807) is 18.0 Å². The minimum atomic E-state index is 0.0423. The molecule has 19 heavy (non-hydrogen) atoms. The van der Waals surface area contributed by atoms with Crippen LogP contribution in [0, 0.1) is 0 Å². The molecule has 98 valence electrons. The van der Waals surface area contributed by atoms with E-state index in [1.807, 2.05) is 48.5 Å². The van der Waals surface area contributed by atoms with Gasteiger partial charge in [-0.05, 0) is 12.1 Å². The molecule has 0 N–H and O–H groups in total. The third kappa shape index (κ3) is 3.86. The summed E-state index contributed by atoms with van der Waals surface area (Å²) in [5.74, 6) is 1.78. The van der Waals surface area contributed by atoms with Crippen LogP contribution in [-0.4, -0.2) is 11.5 Å². The molecular formula is C16H16O2S. The maximum atomic E-state index is 12.2. The second-order valence-corrected chi connectivity index (χ2v) is 5.36. The molecule has 2 rings (SSSR count). The standard InChI is InChI=1S/C16H16O2S/c1-2-11-19-16(15-9-6-10-18-15)12-14(17)13-7-4-3-5-8-13/h2-10,16H,1,11-12H2. The van der Waals surface area contributed by atoms with E-state index in [-0.39, 0.29) is 11.0 Å². The van der Waals surface area contributed by atoms with Gasteiger partial charge in [0.25, 0.3) is 0 Å². The zero-order valence-electron chi connectivity index (χ0n) is 10.6. The molecule has 1 heterocycles. The smallest absolute Gasteiger partial charge is 0.164 e. The average Bonchev–Trinajstić information content (AvgIpc) is 2.98. The molecule has 0 fully saturated rings. The number of carbonyl (C=O) groups is 1. The zero-order valence-corrected chi connectivity index (χ0v) is 11.4. The molecule has 0 aliphatic rings. The summed E-state index contributed by atoms with van der Waals surface area (Å²) in [5, 5.41) is 0.0423. The van der Waals surface area contributed by atoms with Gasteiger partial charge >= 0.3 is 0 Å². The third-order valence-corrected chi connectivity index (χ3v) is 3.97. The van der Waals surface area contributed by atoms with Crippen molar-refractivity contribution in [2.24, 2.45) is 0 Å². The number of furan rings is 1. The number of hydrogen-bond acceptors (Lipinski definition) is 3. The van der Waals surface area contributed by atoms with Crippen LogP contribution in [0.5, 0.6) is 0 Å². The monoisotopic (exact) mass is 272 g/mol. The normalized spacial score (nSPS) is 12.0. The Hall–Kier alpha value is -1.74. The predicted molar refractivity (Wildman–Crippen MR) is 79.5 cm³/mol. The Labute approximate surface area is 117 Å². The van der Waals surface area contributed by atoms with Crippen LogP contribution in [-0.2, 0) is 0 Å². The predicted octanol–water partition coefficient (Wildman–Crippen LogP) is 4.51. The Morgan fingerprint density at radius 3 is 2.68 bits per heavy atom. The molecule has 3 heteroatoms. The van der Waals surface area contributed by atoms with Crippen LogP contribution < -0.4 is 0 Å². The molecule has 0 spiro atoms. The molecule has 0 saturated carbocycles. The Kier molecular flexibility index (Phi) is 5.04. The highest BCUT2D eigenvalue weighted by atomic mass is 32.2. The van der Waals surface area contributed by atoms with E-state index in [0.717, 1.165) is 17.1 Å². The number of benzene rings is 1. The fourth-order valence-corrected chi connectivity index (χ4v) is 2.75. The van der Waals surface area contributed by atoms with Gasteiger partial charge in [0, 0.05) is 17.7 Å². The molecular weight excluding hydrogens is 256 g/mol. The molecule has 2 aromatic rings. The van der Waals surface area contributed by atoms with Crippen LogP contribution in [0.1, 0.15) is 27.8 Å². The van der Waals surface area contributed by atoms with Gasteiger partial charge in [-0.15, -0.1) is 18.3 Å². The second-order valence-electron chi connectivity index (χ2n) is 4.12. The second kappa shape index (κ2) is 7.00. The van der Waals surface area contributed by atoms with Crippen molar-refractivity contribution in [1.29, 1.82) is 0 Å². The van der Waals surface area contributed by atoms with Crippen molar-refractivity contribution in [2.75, 3.05) is 5.75 Å². The topological polar surface area (TPSA) is 30.2 Å². The molecule has 2 nitrogen and oxygen atoms in total. The Morgan fingerprint density at radius 1 is 1.26 bits per heavy atom. The average molecular weight is 272 g/mol. The molecule has 0 aliphatic carbocycles. The number of carbonyl (C=O) groups excluding carboxylic acids is 1. The first kappa shape index (κ1) is 13.7. The highest BCUT2D eigenvalue weighted by Gasteiger charge is 2.19. The minimum absolute atomic E-state index is 0.0423. The third-order valence-electron chi connectivity index (χ3n) is 2.74. The quantitative estimate of drug-likeness (QED) is 0.548. The van der Waals surface area contributed by atoms with Gasteiger partial charge in [0.15, 0.2) is 5.78 Å². The van der Waals surface area contributed by atoms with E-state index >= 15 is 0 Å². The van der Waals surface area contributed by atoms with Crippen LogP contribution in [0.2, 0.25) is 0 Å². The number of rotatable bonds is 7. The van der Waals surface area contributed by atoms with Gasteiger partial charge in [0.1, 0.15) is 5.76 Å². The van der Waals surface area contributed by atoms with Gasteiger partial charge in [-0.1, -0.05) is 36.4 Å². The van der Waals surface area contributed by atoms with Crippen LogP contribution in [0.4, 0.5) is 0 Å². The van der Waals surface area contributed by atoms with Crippen molar-refractivity contribution in [3.8, 4) is 0 Å². The lowest BCUT2D eigenvalue weighted by molar-refractivity contribution is 0.0980. The Bertz CT molecular complexity index is 517. The summed E-state index contributed by atoms with van der Waals surface area (Å²) in [6.07, 6.45) is 3.92. The summed E-state index contributed by atoms with van der Waals surface area (Å²) < 4.78 is 5.42. The number of ketones is 1. The van der Waals surface area contributed by atoms with E-state index in [0.29, 0.717) is 6.42 Å². The first-order valence-corrected chi connectivity index (χ1v) is 7.20. The summed E-state index contributed by atoms with van der Waals surface area (Å²) in [5.41, 5.74) is 0.748. The summed E-state index contributed by atoms with van der Waals surface area (Å²) in [6, 6.07) is 13.1. The molecule has 1 unspecified atom stereocenters.